The first-order chi connectivity index (χ1) is 14.2. The molecule has 4 aromatic rings. The Hall–Kier alpha value is -2.95. The Morgan fingerprint density at radius 3 is 2.76 bits per heavy atom. The second-order valence-corrected chi connectivity index (χ2v) is 8.33. The molecule has 3 nitrogen and oxygen atoms in total. The van der Waals surface area contributed by atoms with E-state index in [2.05, 4.69) is 4.98 Å². The maximum absolute atomic E-state index is 12.8. The number of ether oxygens (including phenoxy) is 1. The van der Waals surface area contributed by atoms with Gasteiger partial charge < -0.3 is 9.72 Å². The number of rotatable bonds is 4. The Labute approximate surface area is 177 Å². The van der Waals surface area contributed by atoms with Crippen LogP contribution in [0, 0.1) is 0 Å². The van der Waals surface area contributed by atoms with E-state index in [0.29, 0.717) is 22.1 Å². The molecule has 1 aliphatic heterocycles. The number of fused-ring (bicyclic) bond motifs is 2. The number of H-pyrrole nitrogens is 1. The number of halogens is 1. The standard InChI is InChI=1S/C24H16ClNO2S/c25-17-6-9-22-20(11-17)24(27)23(29-22)10-16-13-26-21-8-7-18(12-19(16)21)28-14-15-4-2-1-3-5-15/h1-13,26H,14H2. The number of hydrogen-bond acceptors (Lipinski definition) is 3. The number of benzene rings is 3. The lowest BCUT2D eigenvalue weighted by molar-refractivity contribution is 0.104. The molecule has 0 aliphatic carbocycles. The highest BCUT2D eigenvalue weighted by molar-refractivity contribution is 8.04. The fourth-order valence-electron chi connectivity index (χ4n) is 3.37. The highest BCUT2D eigenvalue weighted by Crippen LogP contribution is 2.42. The van der Waals surface area contributed by atoms with Crippen molar-refractivity contribution in [1.82, 2.24) is 4.98 Å². The molecule has 29 heavy (non-hydrogen) atoms. The van der Waals surface area contributed by atoms with Gasteiger partial charge >= 0.3 is 0 Å². The molecule has 0 bridgehead atoms. The monoisotopic (exact) mass is 417 g/mol. The molecular weight excluding hydrogens is 402 g/mol. The molecule has 0 saturated heterocycles. The third-order valence-corrected chi connectivity index (χ3v) is 6.18. The van der Waals surface area contributed by atoms with Gasteiger partial charge in [0.25, 0.3) is 0 Å². The van der Waals surface area contributed by atoms with Gasteiger partial charge in [0.1, 0.15) is 12.4 Å². The van der Waals surface area contributed by atoms with Crippen molar-refractivity contribution in [2.45, 2.75) is 11.5 Å². The first-order valence-corrected chi connectivity index (χ1v) is 10.4. The minimum Gasteiger partial charge on any atom is -0.489 e. The van der Waals surface area contributed by atoms with E-state index in [-0.39, 0.29) is 5.78 Å². The zero-order chi connectivity index (χ0) is 19.8. The van der Waals surface area contributed by atoms with Crippen molar-refractivity contribution in [3.63, 3.8) is 0 Å². The van der Waals surface area contributed by atoms with E-state index in [4.69, 9.17) is 16.3 Å². The summed E-state index contributed by atoms with van der Waals surface area (Å²) in [6.07, 6.45) is 3.85. The van der Waals surface area contributed by atoms with Crippen LogP contribution >= 0.6 is 23.4 Å². The number of carbonyl (C=O) groups excluding carboxylic acids is 1. The van der Waals surface area contributed by atoms with Crippen molar-refractivity contribution in [2.24, 2.45) is 0 Å². The van der Waals surface area contributed by atoms with Crippen LogP contribution < -0.4 is 4.74 Å². The van der Waals surface area contributed by atoms with Gasteiger partial charge in [0.2, 0.25) is 5.78 Å². The lowest BCUT2D eigenvalue weighted by atomic mass is 10.1. The average Bonchev–Trinajstić information content (AvgIpc) is 3.28. The van der Waals surface area contributed by atoms with Gasteiger partial charge in [-0.05, 0) is 48.0 Å². The summed E-state index contributed by atoms with van der Waals surface area (Å²) in [4.78, 5) is 17.7. The molecule has 0 atom stereocenters. The number of aromatic nitrogens is 1. The van der Waals surface area contributed by atoms with E-state index in [0.717, 1.165) is 32.7 Å². The zero-order valence-electron chi connectivity index (χ0n) is 15.3. The van der Waals surface area contributed by atoms with Crippen LogP contribution in [0.2, 0.25) is 5.02 Å². The molecule has 0 saturated carbocycles. The summed E-state index contributed by atoms with van der Waals surface area (Å²) in [6.45, 7) is 0.512. The maximum atomic E-state index is 12.8. The van der Waals surface area contributed by atoms with E-state index < -0.39 is 0 Å². The van der Waals surface area contributed by atoms with Gasteiger partial charge in [0.05, 0.1) is 4.91 Å². The van der Waals surface area contributed by atoms with Gasteiger partial charge in [-0.15, -0.1) is 0 Å². The van der Waals surface area contributed by atoms with Crippen LogP contribution in [0.15, 0.2) is 82.7 Å². The molecule has 0 amide bonds. The van der Waals surface area contributed by atoms with E-state index >= 15 is 0 Å². The fraction of sp³-hybridized carbons (Fsp3) is 0.0417. The van der Waals surface area contributed by atoms with E-state index in [1.165, 1.54) is 11.8 Å². The number of nitrogens with one attached hydrogen (secondary N) is 1. The SMILES string of the molecule is O=C1C(=Cc2c[nH]c3ccc(OCc4ccccc4)cc23)Sc2ccc(Cl)cc21. The van der Waals surface area contributed by atoms with Gasteiger partial charge in [-0.2, -0.15) is 0 Å². The van der Waals surface area contributed by atoms with Crippen molar-refractivity contribution in [3.05, 3.63) is 99.5 Å². The average molecular weight is 418 g/mol. The molecule has 2 heterocycles. The Bertz CT molecular complexity index is 1260. The number of aromatic amines is 1. The number of carbonyl (C=O) groups is 1. The molecule has 5 rings (SSSR count). The normalized spacial score (nSPS) is 14.5. The predicted octanol–water partition coefficient (Wildman–Crippen LogP) is 6.73. The Morgan fingerprint density at radius 2 is 1.90 bits per heavy atom. The van der Waals surface area contributed by atoms with Crippen molar-refractivity contribution >= 4 is 46.1 Å². The minimum atomic E-state index is 0.0123. The van der Waals surface area contributed by atoms with Crippen molar-refractivity contribution in [2.75, 3.05) is 0 Å². The summed E-state index contributed by atoms with van der Waals surface area (Å²) in [6, 6.07) is 21.5. The van der Waals surface area contributed by atoms with Crippen LogP contribution in [0.25, 0.3) is 17.0 Å². The quantitative estimate of drug-likeness (QED) is 0.374. The van der Waals surface area contributed by atoms with Gasteiger partial charge in [0.15, 0.2) is 0 Å². The number of allylic oxidation sites excluding steroid dienone is 1. The van der Waals surface area contributed by atoms with E-state index in [9.17, 15) is 4.79 Å². The fourth-order valence-corrected chi connectivity index (χ4v) is 4.57. The highest BCUT2D eigenvalue weighted by atomic mass is 35.5. The van der Waals surface area contributed by atoms with Crippen LogP contribution in [0.1, 0.15) is 21.5 Å². The second-order valence-electron chi connectivity index (χ2n) is 6.81. The molecule has 0 spiro atoms. The van der Waals surface area contributed by atoms with Gasteiger partial charge in [0, 0.05) is 38.1 Å². The molecule has 1 N–H and O–H groups in total. The Kier molecular flexibility index (Phi) is 4.66. The first-order valence-electron chi connectivity index (χ1n) is 9.19. The molecule has 0 unspecified atom stereocenters. The predicted molar refractivity (Wildman–Crippen MR) is 119 cm³/mol. The van der Waals surface area contributed by atoms with E-state index in [1.54, 1.807) is 6.07 Å². The summed E-state index contributed by atoms with van der Waals surface area (Å²) in [7, 11) is 0. The third-order valence-electron chi connectivity index (χ3n) is 4.85. The summed E-state index contributed by atoms with van der Waals surface area (Å²) >= 11 is 7.53. The number of Topliss-reactive ketones (excluding diaryl/α,β-unsaturated/α-hetero) is 1. The van der Waals surface area contributed by atoms with Crippen LogP contribution in [-0.4, -0.2) is 10.8 Å². The lowest BCUT2D eigenvalue weighted by Crippen LogP contribution is -1.95. The second kappa shape index (κ2) is 7.47. The molecular formula is C24H16ClNO2S. The largest absolute Gasteiger partial charge is 0.489 e. The van der Waals surface area contributed by atoms with Crippen LogP contribution in [-0.2, 0) is 6.61 Å². The van der Waals surface area contributed by atoms with Crippen LogP contribution in [0.4, 0.5) is 0 Å². The van der Waals surface area contributed by atoms with E-state index in [1.807, 2.05) is 72.9 Å². The number of thioether (sulfide) groups is 1. The summed E-state index contributed by atoms with van der Waals surface area (Å²) < 4.78 is 5.96. The highest BCUT2D eigenvalue weighted by Gasteiger charge is 2.26. The van der Waals surface area contributed by atoms with Crippen molar-refractivity contribution in [1.29, 1.82) is 0 Å². The molecule has 1 aliphatic rings. The van der Waals surface area contributed by atoms with Crippen molar-refractivity contribution < 1.29 is 9.53 Å². The van der Waals surface area contributed by atoms with Crippen LogP contribution in [0.3, 0.4) is 0 Å². The molecule has 142 valence electrons. The number of ketones is 1. The van der Waals surface area contributed by atoms with Gasteiger partial charge in [-0.25, -0.2) is 0 Å². The summed E-state index contributed by atoms with van der Waals surface area (Å²) in [5.74, 6) is 0.805. The zero-order valence-corrected chi connectivity index (χ0v) is 16.9. The van der Waals surface area contributed by atoms with Crippen molar-refractivity contribution in [3.8, 4) is 5.75 Å². The third kappa shape index (κ3) is 3.57. The Balaban J connectivity index is 1.44. The molecule has 5 heteroatoms. The Morgan fingerprint density at radius 1 is 1.03 bits per heavy atom. The first kappa shape index (κ1) is 18.1. The molecule has 3 aromatic carbocycles. The maximum Gasteiger partial charge on any atom is 0.200 e. The lowest BCUT2D eigenvalue weighted by Gasteiger charge is -2.06. The number of hydrogen-bond donors (Lipinski definition) is 1. The summed E-state index contributed by atoms with van der Waals surface area (Å²) in [5.41, 5.74) is 3.74. The molecule has 0 radical (unpaired) electrons. The van der Waals surface area contributed by atoms with Gasteiger partial charge in [-0.1, -0.05) is 53.7 Å². The summed E-state index contributed by atoms with van der Waals surface area (Å²) in [5, 5.41) is 1.59. The van der Waals surface area contributed by atoms with Crippen LogP contribution in [0.5, 0.6) is 5.75 Å². The topological polar surface area (TPSA) is 42.1 Å². The molecule has 1 aromatic heterocycles. The smallest absolute Gasteiger partial charge is 0.200 e. The minimum absolute atomic E-state index is 0.0123. The van der Waals surface area contributed by atoms with Gasteiger partial charge in [-0.3, -0.25) is 4.79 Å². The molecule has 0 fully saturated rings.